The average Bonchev–Trinajstić information content (AvgIpc) is 3.71. The number of benzene rings is 1. The highest BCUT2D eigenvalue weighted by atomic mass is 32.1. The Morgan fingerprint density at radius 2 is 1.90 bits per heavy atom. The van der Waals surface area contributed by atoms with Crippen LogP contribution in [-0.4, -0.2) is 55.1 Å². The van der Waals surface area contributed by atoms with Gasteiger partial charge in [-0.05, 0) is 74.8 Å². The van der Waals surface area contributed by atoms with Gasteiger partial charge in [0.2, 0.25) is 0 Å². The van der Waals surface area contributed by atoms with E-state index in [0.29, 0.717) is 10.7 Å². The van der Waals surface area contributed by atoms with Crippen LogP contribution in [0.3, 0.4) is 0 Å². The van der Waals surface area contributed by atoms with Crippen LogP contribution in [0.15, 0.2) is 61.1 Å². The first-order chi connectivity index (χ1) is 19.1. The molecule has 0 bridgehead atoms. The van der Waals surface area contributed by atoms with Crippen LogP contribution in [0.5, 0.6) is 5.75 Å². The minimum atomic E-state index is 0.0403. The Hall–Kier alpha value is -4.41. The van der Waals surface area contributed by atoms with Gasteiger partial charge in [-0.2, -0.15) is 5.10 Å². The van der Waals surface area contributed by atoms with Crippen LogP contribution in [0.4, 0.5) is 0 Å². The zero-order chi connectivity index (χ0) is 26.3. The quantitative estimate of drug-likeness (QED) is 0.237. The molecule has 6 heterocycles. The molecule has 0 unspecified atom stereocenters. The average molecular weight is 536 g/mol. The first kappa shape index (κ1) is 23.7. The van der Waals surface area contributed by atoms with Gasteiger partial charge in [-0.1, -0.05) is 6.07 Å². The Morgan fingerprint density at radius 1 is 1.00 bits per heavy atom. The zero-order valence-corrected chi connectivity index (χ0v) is 22.0. The van der Waals surface area contributed by atoms with E-state index in [4.69, 9.17) is 9.72 Å². The van der Waals surface area contributed by atoms with Crippen molar-refractivity contribution < 1.29 is 9.53 Å². The van der Waals surface area contributed by atoms with Gasteiger partial charge in [0.1, 0.15) is 28.8 Å². The molecule has 6 aromatic rings. The van der Waals surface area contributed by atoms with Gasteiger partial charge in [-0.3, -0.25) is 19.9 Å². The number of ketones is 1. The fourth-order valence-corrected chi connectivity index (χ4v) is 5.90. The Kier molecular flexibility index (Phi) is 5.90. The van der Waals surface area contributed by atoms with Gasteiger partial charge in [0.25, 0.3) is 0 Å². The molecular weight excluding hydrogens is 510 g/mol. The van der Waals surface area contributed by atoms with Gasteiger partial charge in [0, 0.05) is 23.3 Å². The molecule has 1 aliphatic rings. The van der Waals surface area contributed by atoms with E-state index in [-0.39, 0.29) is 11.9 Å². The predicted octanol–water partition coefficient (Wildman–Crippen LogP) is 5.63. The van der Waals surface area contributed by atoms with Crippen molar-refractivity contribution in [3.63, 3.8) is 0 Å². The van der Waals surface area contributed by atoms with Crippen molar-refractivity contribution >= 4 is 39.1 Å². The van der Waals surface area contributed by atoms with E-state index in [1.54, 1.807) is 19.3 Å². The minimum absolute atomic E-state index is 0.0403. The Labute approximate surface area is 227 Å². The molecule has 194 valence electrons. The number of fused-ring (bicyclic) bond motifs is 2. The third-order valence-corrected chi connectivity index (χ3v) is 8.20. The maximum Gasteiger partial charge on any atom is 0.169 e. The van der Waals surface area contributed by atoms with Crippen molar-refractivity contribution in [3.8, 4) is 39.0 Å². The monoisotopic (exact) mass is 535 g/mol. The molecule has 39 heavy (non-hydrogen) atoms. The van der Waals surface area contributed by atoms with Gasteiger partial charge in [0.05, 0.1) is 27.0 Å². The number of H-pyrrole nitrogens is 2. The normalized spacial score (nSPS) is 14.3. The highest BCUT2D eigenvalue weighted by molar-refractivity contribution is 7.17. The smallest absolute Gasteiger partial charge is 0.169 e. The van der Waals surface area contributed by atoms with Gasteiger partial charge in [-0.15, -0.1) is 11.3 Å². The summed E-state index contributed by atoms with van der Waals surface area (Å²) in [5, 5.41) is 12.0. The summed E-state index contributed by atoms with van der Waals surface area (Å²) in [6.07, 6.45) is 7.58. The van der Waals surface area contributed by atoms with Crippen LogP contribution in [0.25, 0.3) is 55.2 Å². The molecular formula is C29H25N7O2S. The summed E-state index contributed by atoms with van der Waals surface area (Å²) in [4.78, 5) is 30.8. The number of nitrogens with one attached hydrogen (secondary N) is 3. The number of Topliss-reactive ketones (excluding diaryl/α,β-unsaturated/α-hetero) is 1. The molecule has 0 radical (unpaired) electrons. The molecule has 1 fully saturated rings. The molecule has 1 aliphatic heterocycles. The molecule has 9 nitrogen and oxygen atoms in total. The van der Waals surface area contributed by atoms with E-state index in [1.165, 1.54) is 11.3 Å². The van der Waals surface area contributed by atoms with E-state index < -0.39 is 0 Å². The number of aromatic amines is 2. The van der Waals surface area contributed by atoms with Gasteiger partial charge in [-0.25, -0.2) is 4.98 Å². The molecule has 0 saturated carbocycles. The number of carbonyl (C=O) groups excluding carboxylic acids is 1. The molecule has 0 spiro atoms. The SMILES string of the molecule is CC(=O)c1ccc(-c2nccc3[nH]c(-c4n[nH]c5ccc(-c6cncc(OC7CCNCC7)c6)cc45)nc23)s1. The van der Waals surface area contributed by atoms with Gasteiger partial charge < -0.3 is 15.0 Å². The summed E-state index contributed by atoms with van der Waals surface area (Å²) >= 11 is 1.42. The summed E-state index contributed by atoms with van der Waals surface area (Å²) in [6.45, 7) is 3.52. The first-order valence-electron chi connectivity index (χ1n) is 12.9. The van der Waals surface area contributed by atoms with Crippen LogP contribution < -0.4 is 10.1 Å². The van der Waals surface area contributed by atoms with Gasteiger partial charge in [0.15, 0.2) is 11.6 Å². The summed E-state index contributed by atoms with van der Waals surface area (Å²) in [5.41, 5.74) is 5.96. The summed E-state index contributed by atoms with van der Waals surface area (Å²) in [7, 11) is 0. The van der Waals surface area contributed by atoms with Crippen molar-refractivity contribution in [1.29, 1.82) is 0 Å². The second-order valence-corrected chi connectivity index (χ2v) is 10.8. The number of carbonyl (C=O) groups is 1. The van der Waals surface area contributed by atoms with Crippen LogP contribution >= 0.6 is 11.3 Å². The van der Waals surface area contributed by atoms with Crippen LogP contribution in [0, 0.1) is 0 Å². The number of piperidine rings is 1. The van der Waals surface area contributed by atoms with Crippen molar-refractivity contribution in [3.05, 3.63) is 65.9 Å². The number of rotatable bonds is 6. The number of nitrogens with zero attached hydrogens (tertiary/aromatic N) is 4. The number of imidazole rings is 1. The third kappa shape index (κ3) is 4.47. The Bertz CT molecular complexity index is 1830. The highest BCUT2D eigenvalue weighted by Gasteiger charge is 2.19. The van der Waals surface area contributed by atoms with Crippen molar-refractivity contribution in [2.45, 2.75) is 25.9 Å². The topological polar surface area (TPSA) is 121 Å². The molecule has 0 atom stereocenters. The van der Waals surface area contributed by atoms with Crippen LogP contribution in [-0.2, 0) is 0 Å². The number of pyridine rings is 2. The number of hydrogen-bond donors (Lipinski definition) is 3. The maximum atomic E-state index is 11.8. The second kappa shape index (κ2) is 9.72. The lowest BCUT2D eigenvalue weighted by Crippen LogP contribution is -2.34. The van der Waals surface area contributed by atoms with Gasteiger partial charge >= 0.3 is 0 Å². The molecule has 0 amide bonds. The van der Waals surface area contributed by atoms with Crippen molar-refractivity contribution in [2.24, 2.45) is 0 Å². The zero-order valence-electron chi connectivity index (χ0n) is 21.2. The number of aromatic nitrogens is 6. The van der Waals surface area contributed by atoms with E-state index in [2.05, 4.69) is 42.6 Å². The Morgan fingerprint density at radius 3 is 2.74 bits per heavy atom. The van der Waals surface area contributed by atoms with E-state index in [9.17, 15) is 4.79 Å². The van der Waals surface area contributed by atoms with E-state index >= 15 is 0 Å². The summed E-state index contributed by atoms with van der Waals surface area (Å²) < 4.78 is 6.22. The number of hydrogen-bond acceptors (Lipinski definition) is 8. The number of ether oxygens (including phenoxy) is 1. The summed E-state index contributed by atoms with van der Waals surface area (Å²) in [6, 6.07) is 13.9. The van der Waals surface area contributed by atoms with Crippen LogP contribution in [0.1, 0.15) is 29.4 Å². The Balaban J connectivity index is 1.25. The molecule has 7 rings (SSSR count). The molecule has 0 aliphatic carbocycles. The van der Waals surface area contributed by atoms with E-state index in [1.807, 2.05) is 36.5 Å². The summed E-state index contributed by atoms with van der Waals surface area (Å²) in [5.74, 6) is 1.47. The first-order valence-corrected chi connectivity index (χ1v) is 13.7. The van der Waals surface area contributed by atoms with E-state index in [0.717, 1.165) is 81.0 Å². The molecule has 5 aromatic heterocycles. The fraction of sp³-hybridized carbons (Fsp3) is 0.207. The minimum Gasteiger partial charge on any atom is -0.489 e. The standard InChI is InChI=1S/C29H25N7O2S/c1-16(37)24-4-5-25(39-24)28-27-23(8-11-32-28)33-29(34-27)26-21-13-17(2-3-22(21)35-36-26)18-12-20(15-31-14-18)38-19-6-9-30-10-7-19/h2-5,8,11-15,19,30H,6-7,9-10H2,1H3,(H,33,34)(H,35,36). The molecule has 10 heteroatoms. The van der Waals surface area contributed by atoms with Crippen molar-refractivity contribution in [1.82, 2.24) is 35.5 Å². The predicted molar refractivity (Wildman–Crippen MR) is 152 cm³/mol. The largest absolute Gasteiger partial charge is 0.489 e. The van der Waals surface area contributed by atoms with Crippen LogP contribution in [0.2, 0.25) is 0 Å². The second-order valence-electron chi connectivity index (χ2n) is 9.67. The molecule has 1 aromatic carbocycles. The molecule has 3 N–H and O–H groups in total. The molecule has 1 saturated heterocycles. The highest BCUT2D eigenvalue weighted by Crippen LogP contribution is 2.35. The third-order valence-electron chi connectivity index (χ3n) is 7.01. The lowest BCUT2D eigenvalue weighted by Gasteiger charge is -2.23. The maximum absolute atomic E-state index is 11.8. The fourth-order valence-electron chi connectivity index (χ4n) is 5.00. The number of thiophene rings is 1. The lowest BCUT2D eigenvalue weighted by molar-refractivity contribution is 0.102. The lowest BCUT2D eigenvalue weighted by atomic mass is 10.0. The van der Waals surface area contributed by atoms with Crippen molar-refractivity contribution in [2.75, 3.05) is 13.1 Å².